The molecule has 208 valence electrons. The Kier molecular flexibility index (Phi) is 7.04. The number of hydrogen-bond acceptors (Lipinski definition) is 7. The van der Waals surface area contributed by atoms with Gasteiger partial charge in [-0.2, -0.15) is 23.4 Å². The Morgan fingerprint density at radius 3 is 2.41 bits per heavy atom. The maximum Gasteiger partial charge on any atom is 0.436 e. The van der Waals surface area contributed by atoms with Crippen LogP contribution in [0.4, 0.5) is 19.0 Å². The monoisotopic (exact) mass is 562 g/mol. The van der Waals surface area contributed by atoms with Crippen LogP contribution in [0.3, 0.4) is 0 Å². The molecule has 1 aliphatic rings. The van der Waals surface area contributed by atoms with Gasteiger partial charge in [0.05, 0.1) is 28.8 Å². The van der Waals surface area contributed by atoms with Gasteiger partial charge in [0, 0.05) is 43.1 Å². The fourth-order valence-corrected chi connectivity index (χ4v) is 5.71. The number of nitrogens with one attached hydrogen (secondary N) is 1. The van der Waals surface area contributed by atoms with E-state index in [2.05, 4.69) is 15.4 Å². The van der Waals surface area contributed by atoms with Gasteiger partial charge in [-0.15, -0.1) is 0 Å². The van der Waals surface area contributed by atoms with E-state index in [0.29, 0.717) is 43.7 Å². The number of benzene rings is 1. The van der Waals surface area contributed by atoms with Gasteiger partial charge in [-0.05, 0) is 44.7 Å². The normalized spacial score (nSPS) is 18.4. The highest BCUT2D eigenvalue weighted by atomic mass is 32.2. The molecule has 0 bridgehead atoms. The van der Waals surface area contributed by atoms with Gasteiger partial charge in [0.15, 0.2) is 21.3 Å². The number of halogens is 3. The summed E-state index contributed by atoms with van der Waals surface area (Å²) in [6.07, 6.45) is 1.55. The van der Waals surface area contributed by atoms with Gasteiger partial charge in [0.1, 0.15) is 11.5 Å². The minimum absolute atomic E-state index is 0.00394. The molecule has 13 heteroatoms. The van der Waals surface area contributed by atoms with Gasteiger partial charge < -0.3 is 10.1 Å². The van der Waals surface area contributed by atoms with E-state index >= 15 is 0 Å². The summed E-state index contributed by atoms with van der Waals surface area (Å²) < 4.78 is 72.7. The van der Waals surface area contributed by atoms with E-state index in [4.69, 9.17) is 9.84 Å². The van der Waals surface area contributed by atoms with Crippen LogP contribution >= 0.6 is 0 Å². The molecule has 0 unspecified atom stereocenters. The quantitative estimate of drug-likeness (QED) is 0.328. The lowest BCUT2D eigenvalue weighted by Crippen LogP contribution is -2.27. The molecule has 9 nitrogen and oxygen atoms in total. The number of anilines is 1. The van der Waals surface area contributed by atoms with E-state index in [1.165, 1.54) is 7.05 Å². The molecule has 1 aliphatic carbocycles. The first-order valence-corrected chi connectivity index (χ1v) is 14.5. The van der Waals surface area contributed by atoms with Gasteiger partial charge in [0.25, 0.3) is 0 Å². The molecule has 3 heterocycles. The Balaban J connectivity index is 1.42. The zero-order valence-corrected chi connectivity index (χ0v) is 22.6. The summed E-state index contributed by atoms with van der Waals surface area (Å²) in [7, 11) is -2.08. The Morgan fingerprint density at radius 1 is 1.10 bits per heavy atom. The second kappa shape index (κ2) is 10.2. The summed E-state index contributed by atoms with van der Waals surface area (Å²) >= 11 is 0. The number of sulfone groups is 1. The summed E-state index contributed by atoms with van der Waals surface area (Å²) in [6.45, 7) is 2.68. The van der Waals surface area contributed by atoms with Gasteiger partial charge >= 0.3 is 6.18 Å². The number of rotatable bonds is 7. The number of aryl methyl sites for hydroxylation is 1. The van der Waals surface area contributed by atoms with Crippen molar-refractivity contribution in [1.29, 1.82) is 0 Å². The third kappa shape index (κ3) is 5.45. The average Bonchev–Trinajstić information content (AvgIpc) is 3.44. The minimum atomic E-state index is -4.56. The fourth-order valence-electron chi connectivity index (χ4n) is 5.08. The van der Waals surface area contributed by atoms with Crippen molar-refractivity contribution in [1.82, 2.24) is 24.5 Å². The SMILES string of the molecule is CCNc1cc2c(cn1)c(-c1ccc(S(C)(=O)=O)cc1)nn2[C@H]1CC[C@@H](Oc2cnn(C)c2C(F)(F)F)CC1. The molecule has 1 aromatic carbocycles. The number of pyridine rings is 1. The lowest BCUT2D eigenvalue weighted by molar-refractivity contribution is -0.145. The molecule has 0 aliphatic heterocycles. The van der Waals surface area contributed by atoms with Crippen LogP contribution < -0.4 is 10.1 Å². The van der Waals surface area contributed by atoms with Crippen LogP contribution in [0.2, 0.25) is 0 Å². The molecule has 1 fully saturated rings. The van der Waals surface area contributed by atoms with Gasteiger partial charge in [-0.1, -0.05) is 12.1 Å². The largest absolute Gasteiger partial charge is 0.486 e. The highest BCUT2D eigenvalue weighted by Crippen LogP contribution is 2.39. The van der Waals surface area contributed by atoms with E-state index in [0.717, 1.165) is 33.6 Å². The molecular formula is C26H29F3N6O3S. The maximum absolute atomic E-state index is 13.4. The first-order valence-electron chi connectivity index (χ1n) is 12.6. The van der Waals surface area contributed by atoms with Crippen LogP contribution in [0, 0.1) is 0 Å². The van der Waals surface area contributed by atoms with Gasteiger partial charge in [0.2, 0.25) is 0 Å². The van der Waals surface area contributed by atoms with E-state index in [-0.39, 0.29) is 22.8 Å². The molecular weight excluding hydrogens is 533 g/mol. The van der Waals surface area contributed by atoms with Crippen molar-refractivity contribution < 1.29 is 26.3 Å². The average molecular weight is 563 g/mol. The van der Waals surface area contributed by atoms with Gasteiger partial charge in [-0.3, -0.25) is 9.36 Å². The minimum Gasteiger partial charge on any atom is -0.486 e. The fraction of sp³-hybridized carbons (Fsp3) is 0.423. The second-order valence-electron chi connectivity index (χ2n) is 9.73. The third-order valence-corrected chi connectivity index (χ3v) is 8.09. The number of nitrogens with zero attached hydrogens (tertiary/aromatic N) is 5. The predicted octanol–water partition coefficient (Wildman–Crippen LogP) is 5.25. The van der Waals surface area contributed by atoms with Crippen LogP contribution in [-0.4, -0.2) is 51.9 Å². The summed E-state index contributed by atoms with van der Waals surface area (Å²) in [5, 5.41) is 12.7. The van der Waals surface area contributed by atoms with Crippen LogP contribution in [0.15, 0.2) is 47.6 Å². The molecule has 5 rings (SSSR count). The lowest BCUT2D eigenvalue weighted by Gasteiger charge is -2.29. The number of fused-ring (bicyclic) bond motifs is 1. The van der Waals surface area contributed by atoms with Crippen LogP contribution in [-0.2, 0) is 23.1 Å². The zero-order valence-electron chi connectivity index (χ0n) is 21.7. The topological polar surface area (TPSA) is 104 Å². The van der Waals surface area contributed by atoms with Crippen molar-refractivity contribution in [3.8, 4) is 17.0 Å². The molecule has 39 heavy (non-hydrogen) atoms. The predicted molar refractivity (Wildman–Crippen MR) is 140 cm³/mol. The summed E-state index contributed by atoms with van der Waals surface area (Å²) in [5.74, 6) is 0.456. The summed E-state index contributed by atoms with van der Waals surface area (Å²) in [5.41, 5.74) is 1.43. The Morgan fingerprint density at radius 2 is 1.79 bits per heavy atom. The number of aromatic nitrogens is 5. The number of alkyl halides is 3. The Labute approximate surface area is 223 Å². The molecule has 0 amide bonds. The zero-order chi connectivity index (χ0) is 27.9. The molecule has 3 aromatic heterocycles. The molecule has 1 saturated carbocycles. The first kappa shape index (κ1) is 27.0. The summed E-state index contributed by atoms with van der Waals surface area (Å²) in [6, 6.07) is 8.53. The van der Waals surface area contributed by atoms with Crippen molar-refractivity contribution in [2.24, 2.45) is 7.05 Å². The van der Waals surface area contributed by atoms with Crippen LogP contribution in [0.5, 0.6) is 5.75 Å². The number of hydrogen-bond donors (Lipinski definition) is 1. The number of ether oxygens (including phenoxy) is 1. The molecule has 0 spiro atoms. The molecule has 0 radical (unpaired) electrons. The van der Waals surface area contributed by atoms with Crippen LogP contribution in [0.25, 0.3) is 22.2 Å². The van der Waals surface area contributed by atoms with Crippen molar-refractivity contribution in [2.75, 3.05) is 18.1 Å². The lowest BCUT2D eigenvalue weighted by atomic mass is 9.93. The standard InChI is InChI=1S/C26H29F3N6O3S/c1-4-30-23-13-21-20(14-31-23)24(16-5-11-19(12-6-16)39(3,36)37)33-35(21)17-7-9-18(10-8-17)38-22-15-32-34(2)25(22)26(27,28)29/h5-6,11-15,17-18H,4,7-10H2,1-3H3,(H,30,31)/t17-,18+. The van der Waals surface area contributed by atoms with Crippen molar-refractivity contribution >= 4 is 26.6 Å². The highest BCUT2D eigenvalue weighted by Gasteiger charge is 2.39. The Hall–Kier alpha value is -3.61. The summed E-state index contributed by atoms with van der Waals surface area (Å²) in [4.78, 5) is 4.73. The molecule has 1 N–H and O–H groups in total. The molecule has 4 aromatic rings. The van der Waals surface area contributed by atoms with Crippen molar-refractivity contribution in [3.05, 3.63) is 48.4 Å². The highest BCUT2D eigenvalue weighted by molar-refractivity contribution is 7.90. The first-order chi connectivity index (χ1) is 18.5. The van der Waals surface area contributed by atoms with Crippen molar-refractivity contribution in [2.45, 2.75) is 55.8 Å². The maximum atomic E-state index is 13.4. The smallest absolute Gasteiger partial charge is 0.436 e. The van der Waals surface area contributed by atoms with E-state index in [1.807, 2.05) is 17.7 Å². The van der Waals surface area contributed by atoms with E-state index < -0.39 is 21.7 Å². The van der Waals surface area contributed by atoms with Crippen molar-refractivity contribution in [3.63, 3.8) is 0 Å². The molecule has 0 saturated heterocycles. The Bertz CT molecular complexity index is 1590. The third-order valence-electron chi connectivity index (χ3n) is 6.96. The molecule has 0 atom stereocenters. The van der Waals surface area contributed by atoms with Gasteiger partial charge in [-0.25, -0.2) is 13.4 Å². The van der Waals surface area contributed by atoms with Crippen LogP contribution in [0.1, 0.15) is 44.3 Å². The second-order valence-corrected chi connectivity index (χ2v) is 11.7. The van der Waals surface area contributed by atoms with E-state index in [9.17, 15) is 21.6 Å². The van der Waals surface area contributed by atoms with E-state index in [1.54, 1.807) is 30.5 Å².